The van der Waals surface area contributed by atoms with E-state index in [-0.39, 0.29) is 0 Å². The summed E-state index contributed by atoms with van der Waals surface area (Å²) in [5, 5.41) is 0. The Morgan fingerprint density at radius 1 is 1.67 bits per heavy atom. The zero-order valence-electron chi connectivity index (χ0n) is 6.02. The van der Waals surface area contributed by atoms with E-state index < -0.39 is 0 Å². The normalized spacial score (nSPS) is 9.00. The van der Waals surface area contributed by atoms with Gasteiger partial charge in [0.1, 0.15) is 0 Å². The predicted molar refractivity (Wildman–Crippen MR) is 47.0 cm³/mol. The van der Waals surface area contributed by atoms with Crippen LogP contribution in [0.5, 0.6) is 0 Å². The number of hydrogen-bond donors (Lipinski definition) is 0. The summed E-state index contributed by atoms with van der Waals surface area (Å²) in [4.78, 5) is 0. The minimum Gasteiger partial charge on any atom is -0.157 e. The fourth-order valence-electron chi connectivity index (χ4n) is 0.413. The van der Waals surface area contributed by atoms with E-state index in [4.69, 9.17) is 0 Å². The second kappa shape index (κ2) is 5.96. The molecule has 0 aromatic carbocycles. The van der Waals surface area contributed by atoms with Crippen molar-refractivity contribution in [3.63, 3.8) is 0 Å². The Hall–Kier alpha value is -0.170. The van der Waals surface area contributed by atoms with E-state index in [2.05, 4.69) is 20.1 Å². The fourth-order valence-corrected chi connectivity index (χ4v) is 1.24. The molecule has 0 amide bonds. The van der Waals surface area contributed by atoms with Gasteiger partial charge in [0.05, 0.1) is 0 Å². The van der Waals surface area contributed by atoms with E-state index in [1.807, 2.05) is 17.8 Å². The van der Waals surface area contributed by atoms with E-state index in [1.165, 1.54) is 11.3 Å². The van der Waals surface area contributed by atoms with Gasteiger partial charge in [-0.25, -0.2) is 0 Å². The highest BCUT2D eigenvalue weighted by Gasteiger charge is 1.85. The summed E-state index contributed by atoms with van der Waals surface area (Å²) in [6.07, 6.45) is 3.06. The molecule has 0 N–H and O–H groups in total. The molecular formula is C8H14S. The van der Waals surface area contributed by atoms with Gasteiger partial charge in [0, 0.05) is 5.75 Å². The molecule has 1 heteroatoms. The van der Waals surface area contributed by atoms with Gasteiger partial charge < -0.3 is 0 Å². The molecule has 0 saturated heterocycles. The van der Waals surface area contributed by atoms with Crippen LogP contribution in [0, 0.1) is 0 Å². The topological polar surface area (TPSA) is 0 Å². The standard InChI is InChI=1S/C8H14S/c1-4-5-6-9-7-8(2)3/h4H,1-2,5-7H2,3H3. The summed E-state index contributed by atoms with van der Waals surface area (Å²) < 4.78 is 0. The second-order valence-electron chi connectivity index (χ2n) is 2.09. The average molecular weight is 142 g/mol. The van der Waals surface area contributed by atoms with Crippen LogP contribution in [0.2, 0.25) is 0 Å². The molecule has 9 heavy (non-hydrogen) atoms. The summed E-state index contributed by atoms with van der Waals surface area (Å²) in [7, 11) is 0. The highest BCUT2D eigenvalue weighted by Crippen LogP contribution is 2.06. The SMILES string of the molecule is C=CCCSCC(=C)C. The van der Waals surface area contributed by atoms with Crippen molar-refractivity contribution in [2.24, 2.45) is 0 Å². The van der Waals surface area contributed by atoms with E-state index in [0.717, 1.165) is 12.2 Å². The maximum atomic E-state index is 3.81. The monoisotopic (exact) mass is 142 g/mol. The van der Waals surface area contributed by atoms with E-state index in [1.54, 1.807) is 0 Å². The van der Waals surface area contributed by atoms with Gasteiger partial charge in [-0.2, -0.15) is 11.8 Å². The summed E-state index contributed by atoms with van der Waals surface area (Å²) in [6.45, 7) is 9.50. The molecule has 0 spiro atoms. The van der Waals surface area contributed by atoms with E-state index in [9.17, 15) is 0 Å². The van der Waals surface area contributed by atoms with Crippen molar-refractivity contribution >= 4 is 11.8 Å². The van der Waals surface area contributed by atoms with Crippen molar-refractivity contribution < 1.29 is 0 Å². The first-order valence-electron chi connectivity index (χ1n) is 3.10. The van der Waals surface area contributed by atoms with Gasteiger partial charge >= 0.3 is 0 Å². The highest BCUT2D eigenvalue weighted by molar-refractivity contribution is 7.99. The molecule has 0 aromatic heterocycles. The molecule has 0 rings (SSSR count). The molecule has 0 aromatic rings. The number of thioether (sulfide) groups is 1. The quantitative estimate of drug-likeness (QED) is 0.420. The molecule has 0 atom stereocenters. The van der Waals surface area contributed by atoms with Crippen molar-refractivity contribution in [1.29, 1.82) is 0 Å². The van der Waals surface area contributed by atoms with Gasteiger partial charge in [-0.3, -0.25) is 0 Å². The van der Waals surface area contributed by atoms with Gasteiger partial charge in [0.2, 0.25) is 0 Å². The number of allylic oxidation sites excluding steroid dienone is 1. The fraction of sp³-hybridized carbons (Fsp3) is 0.500. The van der Waals surface area contributed by atoms with Crippen LogP contribution in [0.4, 0.5) is 0 Å². The molecule has 0 nitrogen and oxygen atoms in total. The van der Waals surface area contributed by atoms with Crippen molar-refractivity contribution in [3.8, 4) is 0 Å². The maximum Gasteiger partial charge on any atom is 0.0137 e. The molecular weight excluding hydrogens is 128 g/mol. The number of hydrogen-bond acceptors (Lipinski definition) is 1. The molecule has 0 saturated carbocycles. The lowest BCUT2D eigenvalue weighted by Crippen LogP contribution is -1.81. The number of rotatable bonds is 5. The third-order valence-corrected chi connectivity index (χ3v) is 2.04. The molecule has 0 unspecified atom stereocenters. The Kier molecular flexibility index (Phi) is 5.85. The molecule has 0 radical (unpaired) electrons. The van der Waals surface area contributed by atoms with E-state index >= 15 is 0 Å². The van der Waals surface area contributed by atoms with Gasteiger partial charge in [-0.15, -0.1) is 6.58 Å². The van der Waals surface area contributed by atoms with Crippen LogP contribution in [0.3, 0.4) is 0 Å². The molecule has 0 fully saturated rings. The van der Waals surface area contributed by atoms with Crippen LogP contribution < -0.4 is 0 Å². The summed E-state index contributed by atoms with van der Waals surface area (Å²) in [5.41, 5.74) is 1.25. The maximum absolute atomic E-state index is 3.81. The first-order valence-corrected chi connectivity index (χ1v) is 4.26. The zero-order valence-corrected chi connectivity index (χ0v) is 6.84. The minimum atomic E-state index is 1.09. The summed E-state index contributed by atoms with van der Waals surface area (Å²) in [5.74, 6) is 2.27. The Balaban J connectivity index is 2.91. The zero-order chi connectivity index (χ0) is 7.11. The van der Waals surface area contributed by atoms with Crippen LogP contribution in [0.1, 0.15) is 13.3 Å². The molecule has 0 aliphatic carbocycles. The average Bonchev–Trinajstić information content (AvgIpc) is 1.80. The second-order valence-corrected chi connectivity index (χ2v) is 3.19. The van der Waals surface area contributed by atoms with Crippen molar-refractivity contribution in [3.05, 3.63) is 24.8 Å². The molecule has 0 aliphatic rings. The van der Waals surface area contributed by atoms with Crippen LogP contribution in [0.25, 0.3) is 0 Å². The van der Waals surface area contributed by atoms with Gasteiger partial charge in [0.15, 0.2) is 0 Å². The summed E-state index contributed by atoms with van der Waals surface area (Å²) in [6, 6.07) is 0. The third-order valence-electron chi connectivity index (χ3n) is 0.815. The molecule has 0 aliphatic heterocycles. The Bertz CT molecular complexity index is 94.7. The first kappa shape index (κ1) is 8.83. The lowest BCUT2D eigenvalue weighted by atomic mass is 10.4. The third kappa shape index (κ3) is 7.83. The lowest BCUT2D eigenvalue weighted by molar-refractivity contribution is 1.25. The first-order chi connectivity index (χ1) is 4.27. The Morgan fingerprint density at radius 2 is 2.33 bits per heavy atom. The molecule has 0 heterocycles. The van der Waals surface area contributed by atoms with Gasteiger partial charge in [-0.1, -0.05) is 18.2 Å². The predicted octanol–water partition coefficient (Wildman–Crippen LogP) is 2.87. The van der Waals surface area contributed by atoms with Crippen molar-refractivity contribution in [2.45, 2.75) is 13.3 Å². The van der Waals surface area contributed by atoms with Crippen molar-refractivity contribution in [2.75, 3.05) is 11.5 Å². The Morgan fingerprint density at radius 3 is 2.78 bits per heavy atom. The summed E-state index contributed by atoms with van der Waals surface area (Å²) >= 11 is 1.92. The van der Waals surface area contributed by atoms with Gasteiger partial charge in [-0.05, 0) is 19.1 Å². The van der Waals surface area contributed by atoms with Crippen LogP contribution in [0.15, 0.2) is 24.8 Å². The largest absolute Gasteiger partial charge is 0.157 e. The van der Waals surface area contributed by atoms with E-state index in [0.29, 0.717) is 0 Å². The smallest absolute Gasteiger partial charge is 0.0137 e. The van der Waals surface area contributed by atoms with Crippen LogP contribution in [-0.2, 0) is 0 Å². The van der Waals surface area contributed by atoms with Crippen LogP contribution >= 0.6 is 11.8 Å². The minimum absolute atomic E-state index is 1.09. The molecule has 52 valence electrons. The molecule has 0 bridgehead atoms. The lowest BCUT2D eigenvalue weighted by Gasteiger charge is -1.95. The van der Waals surface area contributed by atoms with Crippen molar-refractivity contribution in [1.82, 2.24) is 0 Å². The Labute approximate surface area is 62.0 Å². The van der Waals surface area contributed by atoms with Gasteiger partial charge in [0.25, 0.3) is 0 Å². The highest BCUT2D eigenvalue weighted by atomic mass is 32.2. The van der Waals surface area contributed by atoms with Crippen LogP contribution in [-0.4, -0.2) is 11.5 Å².